The molecule has 0 saturated carbocycles. The maximum Gasteiger partial charge on any atom is 0.376 e. The lowest BCUT2D eigenvalue weighted by Crippen LogP contribution is -2.42. The van der Waals surface area contributed by atoms with Crippen LogP contribution in [-0.4, -0.2) is 30.0 Å². The van der Waals surface area contributed by atoms with E-state index in [1.807, 2.05) is 25.1 Å². The van der Waals surface area contributed by atoms with E-state index >= 15 is 0 Å². The summed E-state index contributed by atoms with van der Waals surface area (Å²) >= 11 is 6.09. The molecule has 1 heterocycles. The summed E-state index contributed by atoms with van der Waals surface area (Å²) in [5.41, 5.74) is 10.9. The third-order valence-corrected chi connectivity index (χ3v) is 4.46. The molecular formula is C14H20BClN4O. The first-order chi connectivity index (χ1) is 10.0. The van der Waals surface area contributed by atoms with Gasteiger partial charge in [0.1, 0.15) is 0 Å². The summed E-state index contributed by atoms with van der Waals surface area (Å²) in [6.07, 6.45) is 1.98. The van der Waals surface area contributed by atoms with Gasteiger partial charge in [0.05, 0.1) is 6.04 Å². The van der Waals surface area contributed by atoms with E-state index in [4.69, 9.17) is 17.1 Å². The lowest BCUT2D eigenvalue weighted by Gasteiger charge is -2.34. The number of piperidine rings is 1. The topological polar surface area (TPSA) is 72.2 Å². The monoisotopic (exact) mass is 306 g/mol. The first-order valence-electron chi connectivity index (χ1n) is 7.28. The van der Waals surface area contributed by atoms with E-state index in [1.54, 1.807) is 6.82 Å². The van der Waals surface area contributed by atoms with Gasteiger partial charge in [-0.15, -0.1) is 0 Å². The maximum atomic E-state index is 9.64. The highest BCUT2D eigenvalue weighted by molar-refractivity contribution is 6.45. The molecule has 1 aliphatic rings. The molecule has 1 aliphatic heterocycles. The Morgan fingerprint density at radius 2 is 2.14 bits per heavy atom. The third kappa shape index (κ3) is 3.92. The van der Waals surface area contributed by atoms with Crippen molar-refractivity contribution in [2.24, 2.45) is 5.11 Å². The fourth-order valence-corrected chi connectivity index (χ4v) is 3.18. The van der Waals surface area contributed by atoms with Gasteiger partial charge in [0.2, 0.25) is 0 Å². The van der Waals surface area contributed by atoms with Gasteiger partial charge in [-0.05, 0) is 67.5 Å². The highest BCUT2D eigenvalue weighted by atomic mass is 35.5. The summed E-state index contributed by atoms with van der Waals surface area (Å²) in [4.78, 5) is 4.98. The van der Waals surface area contributed by atoms with Crippen LogP contribution in [-0.2, 0) is 0 Å². The van der Waals surface area contributed by atoms with Crippen LogP contribution in [0.25, 0.3) is 10.4 Å². The molecule has 0 aliphatic carbocycles. The zero-order valence-electron chi connectivity index (χ0n) is 12.4. The molecule has 1 aromatic rings. The molecule has 1 N–H and O–H groups in total. The van der Waals surface area contributed by atoms with Crippen LogP contribution in [0.15, 0.2) is 23.3 Å². The first kappa shape index (κ1) is 16.2. The van der Waals surface area contributed by atoms with Gasteiger partial charge in [-0.2, -0.15) is 0 Å². The van der Waals surface area contributed by atoms with Crippen LogP contribution in [0.5, 0.6) is 0 Å². The van der Waals surface area contributed by atoms with Crippen molar-refractivity contribution in [1.29, 1.82) is 0 Å². The Bertz CT molecular complexity index is 540. The van der Waals surface area contributed by atoms with Crippen LogP contribution in [0, 0.1) is 0 Å². The Hall–Kier alpha value is -1.20. The Labute approximate surface area is 130 Å². The predicted molar refractivity (Wildman–Crippen MR) is 86.4 cm³/mol. The molecule has 1 unspecified atom stereocenters. The van der Waals surface area contributed by atoms with Crippen molar-refractivity contribution in [2.75, 3.05) is 13.1 Å². The molecule has 112 valence electrons. The fourth-order valence-electron chi connectivity index (χ4n) is 3.00. The summed E-state index contributed by atoms with van der Waals surface area (Å²) in [5, 5.41) is 14.1. The van der Waals surface area contributed by atoms with Crippen molar-refractivity contribution in [3.05, 3.63) is 44.8 Å². The zero-order chi connectivity index (χ0) is 15.4. The van der Waals surface area contributed by atoms with Gasteiger partial charge >= 0.3 is 7.05 Å². The molecular weight excluding hydrogens is 286 g/mol. The highest BCUT2D eigenvalue weighted by Gasteiger charge is 2.26. The SMILES string of the molecule is CB(O)N1CCC(c2ccc(Cl)cc2C(C)N=[N+]=[N-])CC1. The molecule has 0 radical (unpaired) electrons. The molecule has 1 saturated heterocycles. The lowest BCUT2D eigenvalue weighted by molar-refractivity contribution is 0.288. The summed E-state index contributed by atoms with van der Waals surface area (Å²) in [5.74, 6) is 0.420. The molecule has 7 heteroatoms. The van der Waals surface area contributed by atoms with Crippen LogP contribution < -0.4 is 0 Å². The number of hydrogen-bond donors (Lipinski definition) is 1. The quantitative estimate of drug-likeness (QED) is 0.395. The molecule has 0 spiro atoms. The minimum atomic E-state index is -0.391. The standard InChI is InChI=1S/C14H20BClN4O/c1-10(18-19-17)14-9-12(16)3-4-13(14)11-5-7-20(8-6-11)15(2)21/h3-4,9-11,21H,5-8H2,1-2H3. The molecule has 2 rings (SSSR count). The lowest BCUT2D eigenvalue weighted by atomic mass is 9.78. The second-order valence-electron chi connectivity index (χ2n) is 5.60. The van der Waals surface area contributed by atoms with Gasteiger partial charge in [0, 0.05) is 9.93 Å². The molecule has 0 bridgehead atoms. The van der Waals surface area contributed by atoms with Crippen molar-refractivity contribution in [3.8, 4) is 0 Å². The van der Waals surface area contributed by atoms with E-state index in [0.29, 0.717) is 10.9 Å². The Kier molecular flexibility index (Phi) is 5.54. The van der Waals surface area contributed by atoms with Gasteiger partial charge in [0.15, 0.2) is 0 Å². The van der Waals surface area contributed by atoms with Gasteiger partial charge in [-0.25, -0.2) is 0 Å². The van der Waals surface area contributed by atoms with Crippen LogP contribution in [0.2, 0.25) is 11.8 Å². The zero-order valence-corrected chi connectivity index (χ0v) is 13.2. The number of nitrogens with zero attached hydrogens (tertiary/aromatic N) is 4. The molecule has 1 aromatic carbocycles. The van der Waals surface area contributed by atoms with Crippen LogP contribution in [0.1, 0.15) is 42.9 Å². The van der Waals surface area contributed by atoms with Crippen molar-refractivity contribution in [2.45, 2.75) is 38.5 Å². The van der Waals surface area contributed by atoms with Crippen molar-refractivity contribution in [3.63, 3.8) is 0 Å². The second kappa shape index (κ2) is 7.18. The number of rotatable bonds is 4. The smallest absolute Gasteiger partial charge is 0.376 e. The minimum Gasteiger partial charge on any atom is -0.437 e. The highest BCUT2D eigenvalue weighted by Crippen LogP contribution is 2.35. The van der Waals surface area contributed by atoms with E-state index in [0.717, 1.165) is 31.5 Å². The van der Waals surface area contributed by atoms with E-state index in [2.05, 4.69) is 14.8 Å². The average Bonchev–Trinajstić information content (AvgIpc) is 2.47. The normalized spacial score (nSPS) is 18.1. The molecule has 0 aromatic heterocycles. The predicted octanol–water partition coefficient (Wildman–Crippen LogP) is 4.00. The molecule has 1 fully saturated rings. The van der Waals surface area contributed by atoms with E-state index in [1.165, 1.54) is 5.56 Å². The summed E-state index contributed by atoms with van der Waals surface area (Å²) in [7, 11) is -0.391. The molecule has 0 amide bonds. The average molecular weight is 307 g/mol. The fraction of sp³-hybridized carbons (Fsp3) is 0.571. The van der Waals surface area contributed by atoms with Crippen molar-refractivity contribution in [1.82, 2.24) is 4.81 Å². The van der Waals surface area contributed by atoms with E-state index < -0.39 is 7.05 Å². The van der Waals surface area contributed by atoms with Crippen molar-refractivity contribution < 1.29 is 5.02 Å². The van der Waals surface area contributed by atoms with Crippen molar-refractivity contribution >= 4 is 18.7 Å². The van der Waals surface area contributed by atoms with Gasteiger partial charge < -0.3 is 9.83 Å². The summed E-state index contributed by atoms with van der Waals surface area (Å²) < 4.78 is 0. The Balaban J connectivity index is 2.22. The van der Waals surface area contributed by atoms with Gasteiger partial charge in [0.25, 0.3) is 0 Å². The Morgan fingerprint density at radius 1 is 1.48 bits per heavy atom. The van der Waals surface area contributed by atoms with Crippen LogP contribution in [0.3, 0.4) is 0 Å². The molecule has 1 atom stereocenters. The largest absolute Gasteiger partial charge is 0.437 e. The Morgan fingerprint density at radius 3 is 2.71 bits per heavy atom. The van der Waals surface area contributed by atoms with Gasteiger partial charge in [-0.1, -0.05) is 29.7 Å². The van der Waals surface area contributed by atoms with E-state index in [-0.39, 0.29) is 6.04 Å². The maximum absolute atomic E-state index is 9.64. The molecule has 5 nitrogen and oxygen atoms in total. The number of halogens is 1. The first-order valence-corrected chi connectivity index (χ1v) is 7.66. The second-order valence-corrected chi connectivity index (χ2v) is 6.03. The van der Waals surface area contributed by atoms with Crippen LogP contribution in [0.4, 0.5) is 0 Å². The summed E-state index contributed by atoms with van der Waals surface area (Å²) in [6, 6.07) is 5.61. The number of azide groups is 1. The number of benzene rings is 1. The molecule has 21 heavy (non-hydrogen) atoms. The number of hydrogen-bond acceptors (Lipinski definition) is 3. The van der Waals surface area contributed by atoms with E-state index in [9.17, 15) is 5.02 Å². The minimum absolute atomic E-state index is 0.224. The van der Waals surface area contributed by atoms with Crippen LogP contribution >= 0.6 is 11.6 Å². The summed E-state index contributed by atoms with van der Waals surface area (Å²) in [6.45, 7) is 5.44. The third-order valence-electron chi connectivity index (χ3n) is 4.22. The van der Waals surface area contributed by atoms with Gasteiger partial charge in [-0.3, -0.25) is 0 Å².